The predicted octanol–water partition coefficient (Wildman–Crippen LogP) is 3.94. The van der Waals surface area contributed by atoms with Crippen LogP contribution in [0.4, 0.5) is 8.78 Å². The lowest BCUT2D eigenvalue weighted by atomic mass is 9.75. The van der Waals surface area contributed by atoms with E-state index in [1.807, 2.05) is 0 Å². The van der Waals surface area contributed by atoms with Crippen LogP contribution in [0.2, 0.25) is 0 Å². The van der Waals surface area contributed by atoms with Crippen molar-refractivity contribution in [3.63, 3.8) is 0 Å². The summed E-state index contributed by atoms with van der Waals surface area (Å²) in [7, 11) is 0. The molecule has 1 saturated carbocycles. The van der Waals surface area contributed by atoms with Gasteiger partial charge in [0.1, 0.15) is 5.78 Å². The molecule has 0 spiro atoms. The number of allylic oxidation sites excluding steroid dienone is 1. The van der Waals surface area contributed by atoms with E-state index < -0.39 is 11.5 Å². The third-order valence-corrected chi connectivity index (χ3v) is 3.08. The third-order valence-electron chi connectivity index (χ3n) is 3.08. The Bertz CT molecular complexity index is 259. The summed E-state index contributed by atoms with van der Waals surface area (Å²) in [6, 6.07) is 0. The standard InChI is InChI=1S/C12H18F2O/c1-12(2,8-10(13)14)11(15)9-6-4-3-5-7-9/h8-9H,3-7H2,1-2H3. The van der Waals surface area contributed by atoms with Gasteiger partial charge in [-0.1, -0.05) is 19.3 Å². The number of hydrogen-bond acceptors (Lipinski definition) is 1. The van der Waals surface area contributed by atoms with Crippen LogP contribution < -0.4 is 0 Å². The van der Waals surface area contributed by atoms with Crippen molar-refractivity contribution in [2.45, 2.75) is 46.0 Å². The van der Waals surface area contributed by atoms with E-state index in [0.717, 1.165) is 38.2 Å². The van der Waals surface area contributed by atoms with Gasteiger partial charge in [-0.25, -0.2) is 0 Å². The number of carbonyl (C=O) groups is 1. The molecule has 1 fully saturated rings. The molecule has 1 nitrogen and oxygen atoms in total. The molecule has 0 aromatic heterocycles. The zero-order valence-electron chi connectivity index (χ0n) is 9.35. The Kier molecular flexibility index (Phi) is 4.00. The summed E-state index contributed by atoms with van der Waals surface area (Å²) >= 11 is 0. The van der Waals surface area contributed by atoms with Crippen molar-refractivity contribution < 1.29 is 13.6 Å². The number of rotatable bonds is 3. The summed E-state index contributed by atoms with van der Waals surface area (Å²) in [6.07, 6.45) is 4.02. The molecular formula is C12H18F2O. The minimum Gasteiger partial charge on any atom is -0.298 e. The highest BCUT2D eigenvalue weighted by atomic mass is 19.3. The Labute approximate surface area is 89.6 Å². The number of halogens is 2. The lowest BCUT2D eigenvalue weighted by Crippen LogP contribution is -2.30. The van der Waals surface area contributed by atoms with E-state index in [2.05, 4.69) is 0 Å². The van der Waals surface area contributed by atoms with E-state index in [1.54, 1.807) is 13.8 Å². The van der Waals surface area contributed by atoms with Gasteiger partial charge < -0.3 is 0 Å². The maximum absolute atomic E-state index is 12.2. The Hall–Kier alpha value is -0.730. The monoisotopic (exact) mass is 216 g/mol. The molecule has 0 N–H and O–H groups in total. The topological polar surface area (TPSA) is 17.1 Å². The Morgan fingerprint density at radius 2 is 1.73 bits per heavy atom. The molecule has 0 aromatic carbocycles. The van der Waals surface area contributed by atoms with Crippen molar-refractivity contribution in [2.24, 2.45) is 11.3 Å². The SMILES string of the molecule is CC(C)(C=C(F)F)C(=O)C1CCCCC1. The second-order valence-corrected chi connectivity index (χ2v) is 4.85. The summed E-state index contributed by atoms with van der Waals surface area (Å²) < 4.78 is 24.3. The highest BCUT2D eigenvalue weighted by Crippen LogP contribution is 2.33. The van der Waals surface area contributed by atoms with Crippen LogP contribution >= 0.6 is 0 Å². The normalized spacial score (nSPS) is 18.7. The molecule has 1 aliphatic carbocycles. The molecule has 0 amide bonds. The molecule has 0 aromatic rings. The van der Waals surface area contributed by atoms with Crippen LogP contribution in [0.5, 0.6) is 0 Å². The summed E-state index contributed by atoms with van der Waals surface area (Å²) in [5, 5.41) is 0. The summed E-state index contributed by atoms with van der Waals surface area (Å²) in [5.41, 5.74) is -1.01. The van der Waals surface area contributed by atoms with Crippen LogP contribution in [-0.4, -0.2) is 5.78 Å². The third kappa shape index (κ3) is 3.40. The highest BCUT2D eigenvalue weighted by molar-refractivity contribution is 5.88. The smallest absolute Gasteiger partial charge is 0.267 e. The number of hydrogen-bond donors (Lipinski definition) is 0. The van der Waals surface area contributed by atoms with Gasteiger partial charge in [-0.3, -0.25) is 4.79 Å². The quantitative estimate of drug-likeness (QED) is 0.698. The molecule has 1 aliphatic rings. The fourth-order valence-corrected chi connectivity index (χ4v) is 2.23. The molecule has 86 valence electrons. The lowest BCUT2D eigenvalue weighted by molar-refractivity contribution is -0.130. The zero-order valence-corrected chi connectivity index (χ0v) is 9.35. The van der Waals surface area contributed by atoms with Gasteiger partial charge in [0.15, 0.2) is 0 Å². The van der Waals surface area contributed by atoms with Gasteiger partial charge in [-0.15, -0.1) is 0 Å². The maximum Gasteiger partial charge on any atom is 0.267 e. The molecule has 0 unspecified atom stereocenters. The van der Waals surface area contributed by atoms with Crippen LogP contribution in [-0.2, 0) is 4.79 Å². The molecule has 3 heteroatoms. The van der Waals surface area contributed by atoms with E-state index in [0.29, 0.717) is 0 Å². The Morgan fingerprint density at radius 3 is 2.20 bits per heavy atom. The van der Waals surface area contributed by atoms with Crippen LogP contribution in [0.15, 0.2) is 12.2 Å². The lowest BCUT2D eigenvalue weighted by Gasteiger charge is -2.27. The minimum atomic E-state index is -1.76. The number of Topliss-reactive ketones (excluding diaryl/α,β-unsaturated/α-hetero) is 1. The molecule has 1 rings (SSSR count). The number of ketones is 1. The summed E-state index contributed by atoms with van der Waals surface area (Å²) in [5.74, 6) is -0.0423. The second kappa shape index (κ2) is 4.86. The minimum absolute atomic E-state index is 0.00986. The first-order valence-corrected chi connectivity index (χ1v) is 5.51. The fraction of sp³-hybridized carbons (Fsp3) is 0.750. The molecular weight excluding hydrogens is 198 g/mol. The second-order valence-electron chi connectivity index (χ2n) is 4.85. The molecule has 0 aliphatic heterocycles. The van der Waals surface area contributed by atoms with Crippen molar-refractivity contribution in [2.75, 3.05) is 0 Å². The first-order valence-electron chi connectivity index (χ1n) is 5.51. The molecule has 15 heavy (non-hydrogen) atoms. The van der Waals surface area contributed by atoms with Gasteiger partial charge in [0, 0.05) is 11.3 Å². The van der Waals surface area contributed by atoms with Gasteiger partial charge >= 0.3 is 0 Å². The summed E-state index contributed by atoms with van der Waals surface area (Å²) in [4.78, 5) is 12.0. The highest BCUT2D eigenvalue weighted by Gasteiger charge is 2.33. The van der Waals surface area contributed by atoms with E-state index in [4.69, 9.17) is 0 Å². The van der Waals surface area contributed by atoms with E-state index >= 15 is 0 Å². The predicted molar refractivity (Wildman–Crippen MR) is 55.7 cm³/mol. The van der Waals surface area contributed by atoms with Crippen LogP contribution in [0.1, 0.15) is 46.0 Å². The average Bonchev–Trinajstić information content (AvgIpc) is 2.16. The molecule has 0 saturated heterocycles. The fourth-order valence-electron chi connectivity index (χ4n) is 2.23. The van der Waals surface area contributed by atoms with Crippen molar-refractivity contribution in [1.82, 2.24) is 0 Å². The van der Waals surface area contributed by atoms with Gasteiger partial charge in [-0.2, -0.15) is 8.78 Å². The van der Waals surface area contributed by atoms with E-state index in [9.17, 15) is 13.6 Å². The van der Waals surface area contributed by atoms with Crippen LogP contribution in [0.3, 0.4) is 0 Å². The van der Waals surface area contributed by atoms with Gasteiger partial charge in [0.05, 0.1) is 0 Å². The van der Waals surface area contributed by atoms with Crippen LogP contribution in [0.25, 0.3) is 0 Å². The first-order chi connectivity index (χ1) is 6.93. The summed E-state index contributed by atoms with van der Waals surface area (Å²) in [6.45, 7) is 3.15. The first kappa shape index (κ1) is 12.3. The van der Waals surface area contributed by atoms with Gasteiger partial charge in [-0.05, 0) is 32.8 Å². The Balaban J connectivity index is 2.69. The number of carbonyl (C=O) groups excluding carboxylic acids is 1. The van der Waals surface area contributed by atoms with Crippen molar-refractivity contribution in [3.8, 4) is 0 Å². The van der Waals surface area contributed by atoms with E-state index in [1.165, 1.54) is 0 Å². The zero-order chi connectivity index (χ0) is 11.5. The van der Waals surface area contributed by atoms with Crippen molar-refractivity contribution >= 4 is 5.78 Å². The maximum atomic E-state index is 12.2. The molecule has 0 radical (unpaired) electrons. The average molecular weight is 216 g/mol. The van der Waals surface area contributed by atoms with Crippen LogP contribution in [0, 0.1) is 11.3 Å². The molecule has 0 atom stereocenters. The molecule has 0 heterocycles. The Morgan fingerprint density at radius 1 is 1.20 bits per heavy atom. The van der Waals surface area contributed by atoms with E-state index in [-0.39, 0.29) is 11.7 Å². The van der Waals surface area contributed by atoms with Crippen molar-refractivity contribution in [1.29, 1.82) is 0 Å². The van der Waals surface area contributed by atoms with Crippen molar-refractivity contribution in [3.05, 3.63) is 12.2 Å². The van der Waals surface area contributed by atoms with Gasteiger partial charge in [0.2, 0.25) is 0 Å². The largest absolute Gasteiger partial charge is 0.298 e. The molecule has 0 bridgehead atoms. The van der Waals surface area contributed by atoms with Gasteiger partial charge in [0.25, 0.3) is 6.08 Å².